The number of nitrogens with one attached hydrogen (secondary N) is 1. The van der Waals surface area contributed by atoms with Crippen molar-refractivity contribution in [2.45, 2.75) is 12.7 Å². The van der Waals surface area contributed by atoms with Crippen LogP contribution in [-0.4, -0.2) is 24.7 Å². The third kappa shape index (κ3) is 4.56. The first-order valence-electron chi connectivity index (χ1n) is 6.89. The zero-order valence-corrected chi connectivity index (χ0v) is 13.0. The van der Waals surface area contributed by atoms with Gasteiger partial charge in [-0.3, -0.25) is 4.79 Å². The van der Waals surface area contributed by atoms with Gasteiger partial charge in [0.1, 0.15) is 0 Å². The Morgan fingerprint density at radius 1 is 1.27 bits per heavy atom. The molecule has 2 N–H and O–H groups in total. The highest BCUT2D eigenvalue weighted by molar-refractivity contribution is 6.30. The SMILES string of the molecule is COCc1cccc(C(=O)NCC(O)c2ccc(Cl)cc2)c1. The van der Waals surface area contributed by atoms with Crippen molar-refractivity contribution in [1.82, 2.24) is 5.32 Å². The predicted octanol–water partition coefficient (Wildman–Crippen LogP) is 2.95. The molecule has 0 aliphatic rings. The number of rotatable bonds is 6. The van der Waals surface area contributed by atoms with E-state index in [1.165, 1.54) is 0 Å². The summed E-state index contributed by atoms with van der Waals surface area (Å²) in [5.74, 6) is -0.231. The molecule has 0 aliphatic heterocycles. The Hall–Kier alpha value is -1.88. The highest BCUT2D eigenvalue weighted by Crippen LogP contribution is 2.16. The fourth-order valence-electron chi connectivity index (χ4n) is 2.06. The Kier molecular flexibility index (Phi) is 5.95. The average molecular weight is 320 g/mol. The van der Waals surface area contributed by atoms with Crippen molar-refractivity contribution in [2.75, 3.05) is 13.7 Å². The highest BCUT2D eigenvalue weighted by atomic mass is 35.5. The van der Waals surface area contributed by atoms with Crippen molar-refractivity contribution < 1.29 is 14.6 Å². The van der Waals surface area contributed by atoms with Crippen LogP contribution in [0.1, 0.15) is 27.6 Å². The van der Waals surface area contributed by atoms with Crippen LogP contribution in [0.15, 0.2) is 48.5 Å². The van der Waals surface area contributed by atoms with Crippen molar-refractivity contribution in [1.29, 1.82) is 0 Å². The third-order valence-corrected chi connectivity index (χ3v) is 3.46. The topological polar surface area (TPSA) is 58.6 Å². The van der Waals surface area contributed by atoms with Crippen molar-refractivity contribution in [3.05, 3.63) is 70.2 Å². The number of aliphatic hydroxyl groups is 1. The van der Waals surface area contributed by atoms with Gasteiger partial charge in [-0.1, -0.05) is 35.9 Å². The van der Waals surface area contributed by atoms with Crippen molar-refractivity contribution >= 4 is 17.5 Å². The number of benzene rings is 2. The molecule has 4 nitrogen and oxygen atoms in total. The van der Waals surface area contributed by atoms with Crippen LogP contribution < -0.4 is 5.32 Å². The van der Waals surface area contributed by atoms with E-state index < -0.39 is 6.10 Å². The largest absolute Gasteiger partial charge is 0.387 e. The number of carbonyl (C=O) groups is 1. The molecule has 0 saturated carbocycles. The van der Waals surface area contributed by atoms with E-state index in [-0.39, 0.29) is 12.5 Å². The Morgan fingerprint density at radius 2 is 2.00 bits per heavy atom. The summed E-state index contributed by atoms with van der Waals surface area (Å²) < 4.78 is 5.05. The highest BCUT2D eigenvalue weighted by Gasteiger charge is 2.11. The molecule has 0 heterocycles. The smallest absolute Gasteiger partial charge is 0.251 e. The number of halogens is 1. The quantitative estimate of drug-likeness (QED) is 0.860. The van der Waals surface area contributed by atoms with Gasteiger partial charge in [0.2, 0.25) is 0 Å². The predicted molar refractivity (Wildman–Crippen MR) is 85.9 cm³/mol. The molecule has 1 amide bonds. The molecular formula is C17H18ClNO3. The van der Waals surface area contributed by atoms with Crippen LogP contribution in [0.4, 0.5) is 0 Å². The second-order valence-electron chi connectivity index (χ2n) is 4.91. The summed E-state index contributed by atoms with van der Waals surface area (Å²) in [6.45, 7) is 0.587. The lowest BCUT2D eigenvalue weighted by Crippen LogP contribution is -2.28. The normalized spacial score (nSPS) is 12.0. The van der Waals surface area contributed by atoms with Gasteiger partial charge in [-0.25, -0.2) is 0 Å². The van der Waals surface area contributed by atoms with E-state index >= 15 is 0 Å². The molecule has 2 aromatic rings. The lowest BCUT2D eigenvalue weighted by molar-refractivity contribution is 0.0916. The summed E-state index contributed by atoms with van der Waals surface area (Å²) in [6, 6.07) is 14.1. The van der Waals surface area contributed by atoms with E-state index in [1.54, 1.807) is 49.6 Å². The Balaban J connectivity index is 1.94. The maximum absolute atomic E-state index is 12.1. The van der Waals surface area contributed by atoms with Gasteiger partial charge in [-0.2, -0.15) is 0 Å². The first kappa shape index (κ1) is 16.5. The molecule has 116 valence electrons. The molecule has 0 bridgehead atoms. The van der Waals surface area contributed by atoms with Gasteiger partial charge >= 0.3 is 0 Å². The van der Waals surface area contributed by atoms with Crippen molar-refractivity contribution in [3.8, 4) is 0 Å². The zero-order valence-electron chi connectivity index (χ0n) is 12.3. The molecule has 0 spiro atoms. The minimum Gasteiger partial charge on any atom is -0.387 e. The first-order valence-corrected chi connectivity index (χ1v) is 7.27. The Bertz CT molecular complexity index is 628. The number of amides is 1. The number of hydrogen-bond acceptors (Lipinski definition) is 3. The number of hydrogen-bond donors (Lipinski definition) is 2. The molecule has 1 atom stereocenters. The maximum Gasteiger partial charge on any atom is 0.251 e. The van der Waals surface area contributed by atoms with Gasteiger partial charge < -0.3 is 15.2 Å². The summed E-state index contributed by atoms with van der Waals surface area (Å²) in [5.41, 5.74) is 2.17. The van der Waals surface area contributed by atoms with Crippen LogP contribution in [0.3, 0.4) is 0 Å². The second kappa shape index (κ2) is 7.94. The molecular weight excluding hydrogens is 302 g/mol. The molecule has 0 aliphatic carbocycles. The first-order chi connectivity index (χ1) is 10.6. The van der Waals surface area contributed by atoms with Crippen LogP contribution in [0.2, 0.25) is 5.02 Å². The molecule has 5 heteroatoms. The molecule has 0 fully saturated rings. The van der Waals surface area contributed by atoms with E-state index in [4.69, 9.17) is 16.3 Å². The van der Waals surface area contributed by atoms with Crippen LogP contribution in [-0.2, 0) is 11.3 Å². The van der Waals surface area contributed by atoms with E-state index in [0.29, 0.717) is 22.8 Å². The number of carbonyl (C=O) groups excluding carboxylic acids is 1. The number of ether oxygens (including phenoxy) is 1. The Labute approximate surface area is 134 Å². The van der Waals surface area contributed by atoms with Gasteiger partial charge in [0.25, 0.3) is 5.91 Å². The van der Waals surface area contributed by atoms with Gasteiger partial charge in [0.05, 0.1) is 12.7 Å². The van der Waals surface area contributed by atoms with Crippen LogP contribution >= 0.6 is 11.6 Å². The summed E-state index contributed by atoms with van der Waals surface area (Å²) in [5, 5.41) is 13.4. The molecule has 0 saturated heterocycles. The molecule has 1 unspecified atom stereocenters. The van der Waals surface area contributed by atoms with Gasteiger partial charge in [0, 0.05) is 24.2 Å². The molecule has 2 rings (SSSR count). The molecule has 22 heavy (non-hydrogen) atoms. The average Bonchev–Trinajstić information content (AvgIpc) is 2.53. The van der Waals surface area contributed by atoms with Crippen molar-refractivity contribution in [3.63, 3.8) is 0 Å². The molecule has 0 radical (unpaired) electrons. The minimum atomic E-state index is -0.775. The van der Waals surface area contributed by atoms with E-state index in [2.05, 4.69) is 5.32 Å². The maximum atomic E-state index is 12.1. The fraction of sp³-hybridized carbons (Fsp3) is 0.235. The molecule has 2 aromatic carbocycles. The second-order valence-corrected chi connectivity index (χ2v) is 5.35. The van der Waals surface area contributed by atoms with Gasteiger partial charge in [0.15, 0.2) is 0 Å². The summed E-state index contributed by atoms with van der Waals surface area (Å²) >= 11 is 5.80. The monoisotopic (exact) mass is 319 g/mol. The third-order valence-electron chi connectivity index (χ3n) is 3.21. The lowest BCUT2D eigenvalue weighted by Gasteiger charge is -2.13. The van der Waals surface area contributed by atoms with E-state index in [1.807, 2.05) is 6.07 Å². The fourth-order valence-corrected chi connectivity index (χ4v) is 2.19. The zero-order chi connectivity index (χ0) is 15.9. The summed E-state index contributed by atoms with van der Waals surface area (Å²) in [6.07, 6.45) is -0.775. The summed E-state index contributed by atoms with van der Waals surface area (Å²) in [7, 11) is 1.61. The molecule has 0 aromatic heterocycles. The standard InChI is InChI=1S/C17H18ClNO3/c1-22-11-12-3-2-4-14(9-12)17(21)19-10-16(20)13-5-7-15(18)8-6-13/h2-9,16,20H,10-11H2,1H3,(H,19,21). The van der Waals surface area contributed by atoms with E-state index in [9.17, 15) is 9.90 Å². The van der Waals surface area contributed by atoms with Gasteiger partial charge in [-0.05, 0) is 35.4 Å². The van der Waals surface area contributed by atoms with Crippen molar-refractivity contribution in [2.24, 2.45) is 0 Å². The van der Waals surface area contributed by atoms with Crippen LogP contribution in [0.5, 0.6) is 0 Å². The lowest BCUT2D eigenvalue weighted by atomic mass is 10.1. The minimum absolute atomic E-state index is 0.134. The summed E-state index contributed by atoms with van der Waals surface area (Å²) in [4.78, 5) is 12.1. The van der Waals surface area contributed by atoms with Crippen LogP contribution in [0, 0.1) is 0 Å². The number of aliphatic hydroxyl groups excluding tert-OH is 1. The number of methoxy groups -OCH3 is 1. The van der Waals surface area contributed by atoms with Crippen LogP contribution in [0.25, 0.3) is 0 Å². The van der Waals surface area contributed by atoms with E-state index in [0.717, 1.165) is 5.56 Å². The van der Waals surface area contributed by atoms with Gasteiger partial charge in [-0.15, -0.1) is 0 Å². The Morgan fingerprint density at radius 3 is 2.68 bits per heavy atom.